The number of aryl methyl sites for hydroxylation is 1. The maximum Gasteiger partial charge on any atom is 0.159 e. The van der Waals surface area contributed by atoms with E-state index < -0.39 is 0 Å². The number of aromatic nitrogens is 2. The Hall–Kier alpha value is -0.510. The summed E-state index contributed by atoms with van der Waals surface area (Å²) in [6.07, 6.45) is 3.84. The average molecular weight is 247 g/mol. The lowest BCUT2D eigenvalue weighted by atomic mass is 10.3. The molecular formula is C9H15BrN2O. The summed E-state index contributed by atoms with van der Waals surface area (Å²) in [6, 6.07) is 0. The first-order valence-corrected chi connectivity index (χ1v) is 5.60. The molecule has 0 aliphatic rings. The number of methoxy groups -OCH3 is 1. The fraction of sp³-hybridized carbons (Fsp3) is 0.667. The highest BCUT2D eigenvalue weighted by atomic mass is 79.9. The molecule has 13 heavy (non-hydrogen) atoms. The quantitative estimate of drug-likeness (QED) is 0.746. The van der Waals surface area contributed by atoms with Crippen molar-refractivity contribution in [3.63, 3.8) is 0 Å². The Bertz CT molecular complexity index is 260. The molecule has 1 aromatic rings. The lowest BCUT2D eigenvalue weighted by Gasteiger charge is -2.05. The van der Waals surface area contributed by atoms with Crippen LogP contribution < -0.4 is 4.74 Å². The third-order valence-electron chi connectivity index (χ3n) is 1.90. The summed E-state index contributed by atoms with van der Waals surface area (Å²) in [7, 11) is 1.69. The van der Waals surface area contributed by atoms with Gasteiger partial charge in [0, 0.05) is 18.3 Å². The molecule has 0 atom stereocenters. The van der Waals surface area contributed by atoms with E-state index in [9.17, 15) is 0 Å². The predicted molar refractivity (Wildman–Crippen MR) is 56.6 cm³/mol. The van der Waals surface area contributed by atoms with Crippen LogP contribution in [0.15, 0.2) is 6.20 Å². The molecule has 0 amide bonds. The minimum absolute atomic E-state index is 0.896. The molecule has 0 spiro atoms. The van der Waals surface area contributed by atoms with E-state index in [0.717, 1.165) is 30.5 Å². The molecule has 0 aliphatic carbocycles. The molecule has 4 heteroatoms. The maximum absolute atomic E-state index is 5.22. The second-order valence-corrected chi connectivity index (χ2v) is 3.61. The van der Waals surface area contributed by atoms with E-state index in [-0.39, 0.29) is 0 Å². The molecule has 1 heterocycles. The number of hydrogen-bond acceptors (Lipinski definition) is 2. The van der Waals surface area contributed by atoms with Gasteiger partial charge in [0.1, 0.15) is 0 Å². The van der Waals surface area contributed by atoms with Crippen LogP contribution in [0.5, 0.6) is 5.75 Å². The van der Waals surface area contributed by atoms with Gasteiger partial charge in [0.25, 0.3) is 0 Å². The van der Waals surface area contributed by atoms with Crippen molar-refractivity contribution in [3.05, 3.63) is 11.9 Å². The number of ether oxygens (including phenoxy) is 1. The van der Waals surface area contributed by atoms with Gasteiger partial charge < -0.3 is 4.74 Å². The van der Waals surface area contributed by atoms with Gasteiger partial charge in [-0.2, -0.15) is 5.10 Å². The van der Waals surface area contributed by atoms with Crippen LogP contribution in [0.1, 0.15) is 19.0 Å². The first kappa shape index (κ1) is 10.6. The van der Waals surface area contributed by atoms with E-state index in [0.29, 0.717) is 0 Å². The van der Waals surface area contributed by atoms with Gasteiger partial charge in [-0.1, -0.05) is 22.9 Å². The summed E-state index contributed by atoms with van der Waals surface area (Å²) < 4.78 is 7.23. The molecule has 0 radical (unpaired) electrons. The molecule has 0 aromatic carbocycles. The van der Waals surface area contributed by atoms with Gasteiger partial charge in [0.15, 0.2) is 5.75 Å². The van der Waals surface area contributed by atoms with Gasteiger partial charge in [-0.25, -0.2) is 0 Å². The van der Waals surface area contributed by atoms with Crippen molar-refractivity contribution in [2.75, 3.05) is 12.4 Å². The van der Waals surface area contributed by atoms with Crippen LogP contribution in [-0.4, -0.2) is 22.2 Å². The third kappa shape index (κ3) is 2.46. The topological polar surface area (TPSA) is 27.1 Å². The highest BCUT2D eigenvalue weighted by Crippen LogP contribution is 2.18. The van der Waals surface area contributed by atoms with Crippen LogP contribution in [0.2, 0.25) is 0 Å². The second-order valence-electron chi connectivity index (χ2n) is 2.82. The largest absolute Gasteiger partial charge is 0.493 e. The summed E-state index contributed by atoms with van der Waals surface area (Å²) in [5.74, 6) is 0.896. The standard InChI is InChI=1S/C9H15BrN2O/c1-3-6-12-8(4-5-10)9(13-2)7-11-12/h7H,3-6H2,1-2H3. The molecule has 0 saturated heterocycles. The molecular weight excluding hydrogens is 232 g/mol. The van der Waals surface area contributed by atoms with E-state index in [1.165, 1.54) is 5.69 Å². The Kier molecular flexibility index (Phi) is 4.28. The first-order chi connectivity index (χ1) is 6.33. The Morgan fingerprint density at radius 3 is 2.92 bits per heavy atom. The van der Waals surface area contributed by atoms with Crippen molar-refractivity contribution in [3.8, 4) is 5.75 Å². The zero-order valence-electron chi connectivity index (χ0n) is 8.09. The van der Waals surface area contributed by atoms with E-state index in [4.69, 9.17) is 4.74 Å². The molecule has 3 nitrogen and oxygen atoms in total. The Balaban J connectivity index is 2.85. The van der Waals surface area contributed by atoms with Gasteiger partial charge in [0.2, 0.25) is 0 Å². The predicted octanol–water partition coefficient (Wildman–Crippen LogP) is 2.24. The molecule has 0 bridgehead atoms. The SMILES string of the molecule is CCCn1ncc(OC)c1CCBr. The maximum atomic E-state index is 5.22. The zero-order chi connectivity index (χ0) is 9.68. The highest BCUT2D eigenvalue weighted by molar-refractivity contribution is 9.09. The van der Waals surface area contributed by atoms with Crippen LogP contribution in [0.25, 0.3) is 0 Å². The molecule has 1 rings (SSSR count). The minimum atomic E-state index is 0.896. The fourth-order valence-corrected chi connectivity index (χ4v) is 1.69. The van der Waals surface area contributed by atoms with Gasteiger partial charge in [-0.05, 0) is 6.42 Å². The van der Waals surface area contributed by atoms with E-state index in [2.05, 4.69) is 28.0 Å². The summed E-state index contributed by atoms with van der Waals surface area (Å²) in [5.41, 5.74) is 1.18. The molecule has 1 aromatic heterocycles. The molecule has 0 unspecified atom stereocenters. The van der Waals surface area contributed by atoms with Crippen molar-refractivity contribution in [1.29, 1.82) is 0 Å². The van der Waals surface area contributed by atoms with Crippen LogP contribution in [-0.2, 0) is 13.0 Å². The fourth-order valence-electron chi connectivity index (χ4n) is 1.31. The zero-order valence-corrected chi connectivity index (χ0v) is 9.67. The lowest BCUT2D eigenvalue weighted by Crippen LogP contribution is -2.05. The number of halogens is 1. The Morgan fingerprint density at radius 2 is 2.38 bits per heavy atom. The second kappa shape index (κ2) is 5.27. The van der Waals surface area contributed by atoms with Gasteiger partial charge >= 0.3 is 0 Å². The van der Waals surface area contributed by atoms with Gasteiger partial charge in [-0.3, -0.25) is 4.68 Å². The van der Waals surface area contributed by atoms with Crippen molar-refractivity contribution in [2.45, 2.75) is 26.3 Å². The Labute approximate surface area is 87.2 Å². The lowest BCUT2D eigenvalue weighted by molar-refractivity contribution is 0.407. The third-order valence-corrected chi connectivity index (χ3v) is 2.29. The van der Waals surface area contributed by atoms with Crippen molar-refractivity contribution in [2.24, 2.45) is 0 Å². The van der Waals surface area contributed by atoms with Crippen LogP contribution >= 0.6 is 15.9 Å². The summed E-state index contributed by atoms with van der Waals surface area (Å²) >= 11 is 3.42. The molecule has 0 N–H and O–H groups in total. The summed E-state index contributed by atoms with van der Waals surface area (Å²) in [6.45, 7) is 3.11. The summed E-state index contributed by atoms with van der Waals surface area (Å²) in [4.78, 5) is 0. The minimum Gasteiger partial charge on any atom is -0.493 e. The van der Waals surface area contributed by atoms with E-state index in [1.54, 1.807) is 13.3 Å². The smallest absolute Gasteiger partial charge is 0.159 e. The van der Waals surface area contributed by atoms with Crippen molar-refractivity contribution < 1.29 is 4.74 Å². The summed E-state index contributed by atoms with van der Waals surface area (Å²) in [5, 5.41) is 5.21. The van der Waals surface area contributed by atoms with Crippen molar-refractivity contribution >= 4 is 15.9 Å². The van der Waals surface area contributed by atoms with Gasteiger partial charge in [-0.15, -0.1) is 0 Å². The normalized spacial score (nSPS) is 10.4. The van der Waals surface area contributed by atoms with E-state index >= 15 is 0 Å². The monoisotopic (exact) mass is 246 g/mol. The molecule has 0 saturated carbocycles. The number of hydrogen-bond donors (Lipinski definition) is 0. The Morgan fingerprint density at radius 1 is 1.62 bits per heavy atom. The number of alkyl halides is 1. The molecule has 0 fully saturated rings. The van der Waals surface area contributed by atoms with E-state index in [1.807, 2.05) is 4.68 Å². The highest BCUT2D eigenvalue weighted by Gasteiger charge is 2.09. The van der Waals surface area contributed by atoms with Gasteiger partial charge in [0.05, 0.1) is 19.0 Å². The van der Waals surface area contributed by atoms with Crippen molar-refractivity contribution in [1.82, 2.24) is 9.78 Å². The average Bonchev–Trinajstić information content (AvgIpc) is 2.50. The number of nitrogens with zero attached hydrogens (tertiary/aromatic N) is 2. The van der Waals surface area contributed by atoms with Crippen LogP contribution in [0.3, 0.4) is 0 Å². The number of rotatable bonds is 5. The van der Waals surface area contributed by atoms with Crippen LogP contribution in [0.4, 0.5) is 0 Å². The van der Waals surface area contributed by atoms with Crippen LogP contribution in [0, 0.1) is 0 Å². The molecule has 74 valence electrons. The molecule has 0 aliphatic heterocycles. The first-order valence-electron chi connectivity index (χ1n) is 4.48.